The second kappa shape index (κ2) is 6.98. The SMILES string of the molecule is C#CCC(CCSC)NC. The van der Waals surface area contributed by atoms with Crippen LogP contribution < -0.4 is 5.32 Å². The van der Waals surface area contributed by atoms with Gasteiger partial charge in [-0.1, -0.05) is 0 Å². The van der Waals surface area contributed by atoms with Crippen molar-refractivity contribution in [2.24, 2.45) is 0 Å². The molecule has 58 valence electrons. The maximum atomic E-state index is 5.18. The van der Waals surface area contributed by atoms with Crippen LogP contribution in [0.25, 0.3) is 0 Å². The van der Waals surface area contributed by atoms with Crippen molar-refractivity contribution >= 4 is 11.8 Å². The van der Waals surface area contributed by atoms with Gasteiger partial charge in [-0.3, -0.25) is 0 Å². The Morgan fingerprint density at radius 2 is 2.40 bits per heavy atom. The van der Waals surface area contributed by atoms with E-state index in [0.29, 0.717) is 6.04 Å². The Labute approximate surface area is 68.0 Å². The molecule has 0 aromatic rings. The molecule has 0 aliphatic heterocycles. The van der Waals surface area contributed by atoms with Gasteiger partial charge in [-0.25, -0.2) is 0 Å². The predicted molar refractivity (Wildman–Crippen MR) is 49.3 cm³/mol. The van der Waals surface area contributed by atoms with Crippen LogP contribution in [-0.2, 0) is 0 Å². The summed E-state index contributed by atoms with van der Waals surface area (Å²) in [5.41, 5.74) is 0. The summed E-state index contributed by atoms with van der Waals surface area (Å²) in [5.74, 6) is 3.84. The fourth-order valence-corrected chi connectivity index (χ4v) is 1.27. The molecule has 0 saturated carbocycles. The predicted octanol–water partition coefficient (Wildman–Crippen LogP) is 1.35. The first kappa shape index (κ1) is 9.87. The van der Waals surface area contributed by atoms with E-state index in [0.717, 1.165) is 6.42 Å². The molecule has 1 atom stereocenters. The fourth-order valence-electron chi connectivity index (χ4n) is 0.751. The third-order valence-electron chi connectivity index (χ3n) is 1.44. The summed E-state index contributed by atoms with van der Waals surface area (Å²) >= 11 is 1.86. The lowest BCUT2D eigenvalue weighted by atomic mass is 10.2. The van der Waals surface area contributed by atoms with Gasteiger partial charge in [0.1, 0.15) is 0 Å². The first-order valence-corrected chi connectivity index (χ1v) is 4.84. The summed E-state index contributed by atoms with van der Waals surface area (Å²) in [6.07, 6.45) is 9.31. The molecular formula is C8H15NS. The second-order valence-electron chi connectivity index (χ2n) is 2.18. The van der Waals surface area contributed by atoms with Crippen LogP contribution in [0.2, 0.25) is 0 Å². The summed E-state index contributed by atoms with van der Waals surface area (Å²) in [6.45, 7) is 0. The molecule has 0 aromatic carbocycles. The van der Waals surface area contributed by atoms with Crippen molar-refractivity contribution in [3.05, 3.63) is 0 Å². The normalized spacial score (nSPS) is 12.5. The Kier molecular flexibility index (Phi) is 6.89. The Bertz CT molecular complexity index is 106. The van der Waals surface area contributed by atoms with Crippen molar-refractivity contribution in [1.29, 1.82) is 0 Å². The van der Waals surface area contributed by atoms with Crippen molar-refractivity contribution in [3.8, 4) is 12.3 Å². The zero-order chi connectivity index (χ0) is 7.82. The largest absolute Gasteiger partial charge is 0.316 e. The molecule has 2 heteroatoms. The van der Waals surface area contributed by atoms with Crippen molar-refractivity contribution in [2.45, 2.75) is 18.9 Å². The van der Waals surface area contributed by atoms with Gasteiger partial charge in [-0.2, -0.15) is 11.8 Å². The molecule has 1 unspecified atom stereocenters. The van der Waals surface area contributed by atoms with Crippen LogP contribution in [0, 0.1) is 12.3 Å². The van der Waals surface area contributed by atoms with Gasteiger partial charge in [0.05, 0.1) is 0 Å². The zero-order valence-corrected chi connectivity index (χ0v) is 7.50. The molecule has 1 N–H and O–H groups in total. The van der Waals surface area contributed by atoms with Crippen molar-refractivity contribution in [3.63, 3.8) is 0 Å². The Balaban J connectivity index is 3.32. The first-order valence-electron chi connectivity index (χ1n) is 3.44. The number of nitrogens with one attached hydrogen (secondary N) is 1. The van der Waals surface area contributed by atoms with Crippen molar-refractivity contribution in [2.75, 3.05) is 19.1 Å². The lowest BCUT2D eigenvalue weighted by molar-refractivity contribution is 0.563. The van der Waals surface area contributed by atoms with E-state index in [1.807, 2.05) is 18.8 Å². The van der Waals surface area contributed by atoms with E-state index in [4.69, 9.17) is 6.42 Å². The molecule has 0 amide bonds. The highest BCUT2D eigenvalue weighted by Crippen LogP contribution is 2.02. The lowest BCUT2D eigenvalue weighted by Crippen LogP contribution is -2.25. The summed E-state index contributed by atoms with van der Waals surface area (Å²) < 4.78 is 0. The maximum Gasteiger partial charge on any atom is 0.0240 e. The van der Waals surface area contributed by atoms with Crippen LogP contribution in [0.5, 0.6) is 0 Å². The minimum atomic E-state index is 0.512. The molecule has 0 rings (SSSR count). The molecule has 0 spiro atoms. The first-order chi connectivity index (χ1) is 4.85. The van der Waals surface area contributed by atoms with Gasteiger partial charge in [0.15, 0.2) is 0 Å². The van der Waals surface area contributed by atoms with Gasteiger partial charge in [0, 0.05) is 12.5 Å². The van der Waals surface area contributed by atoms with Crippen LogP contribution in [0.3, 0.4) is 0 Å². The highest BCUT2D eigenvalue weighted by molar-refractivity contribution is 7.98. The van der Waals surface area contributed by atoms with Crippen LogP contribution in [0.15, 0.2) is 0 Å². The summed E-state index contributed by atoms with van der Waals surface area (Å²) in [4.78, 5) is 0. The van der Waals surface area contributed by atoms with E-state index in [-0.39, 0.29) is 0 Å². The van der Waals surface area contributed by atoms with Gasteiger partial charge >= 0.3 is 0 Å². The topological polar surface area (TPSA) is 12.0 Å². The van der Waals surface area contributed by atoms with E-state index >= 15 is 0 Å². The Morgan fingerprint density at radius 3 is 2.80 bits per heavy atom. The van der Waals surface area contributed by atoms with E-state index in [1.165, 1.54) is 12.2 Å². The van der Waals surface area contributed by atoms with E-state index in [9.17, 15) is 0 Å². The van der Waals surface area contributed by atoms with Gasteiger partial charge < -0.3 is 5.32 Å². The third-order valence-corrected chi connectivity index (χ3v) is 2.09. The van der Waals surface area contributed by atoms with Gasteiger partial charge in [0.25, 0.3) is 0 Å². The number of terminal acetylenes is 1. The van der Waals surface area contributed by atoms with Crippen LogP contribution in [0.4, 0.5) is 0 Å². The second-order valence-corrected chi connectivity index (χ2v) is 3.16. The van der Waals surface area contributed by atoms with E-state index < -0.39 is 0 Å². The maximum absolute atomic E-state index is 5.18. The quantitative estimate of drug-likeness (QED) is 0.605. The average molecular weight is 157 g/mol. The number of hydrogen-bond acceptors (Lipinski definition) is 2. The molecule has 0 bridgehead atoms. The monoisotopic (exact) mass is 157 g/mol. The fraction of sp³-hybridized carbons (Fsp3) is 0.750. The van der Waals surface area contributed by atoms with Gasteiger partial charge in [0.2, 0.25) is 0 Å². The molecule has 0 aliphatic rings. The van der Waals surface area contributed by atoms with Crippen LogP contribution in [-0.4, -0.2) is 25.1 Å². The molecule has 0 radical (unpaired) electrons. The van der Waals surface area contributed by atoms with Crippen molar-refractivity contribution in [1.82, 2.24) is 5.32 Å². The third kappa shape index (κ3) is 4.72. The molecule has 10 heavy (non-hydrogen) atoms. The Morgan fingerprint density at radius 1 is 1.70 bits per heavy atom. The molecule has 0 heterocycles. The summed E-state index contributed by atoms with van der Waals surface area (Å²) in [7, 11) is 1.96. The molecule has 0 aliphatic carbocycles. The number of hydrogen-bond donors (Lipinski definition) is 1. The molecule has 0 fully saturated rings. The highest BCUT2D eigenvalue weighted by atomic mass is 32.2. The van der Waals surface area contributed by atoms with Gasteiger partial charge in [-0.05, 0) is 25.5 Å². The number of rotatable bonds is 5. The molecule has 0 saturated heterocycles. The zero-order valence-electron chi connectivity index (χ0n) is 6.68. The minimum Gasteiger partial charge on any atom is -0.316 e. The smallest absolute Gasteiger partial charge is 0.0240 e. The van der Waals surface area contributed by atoms with Gasteiger partial charge in [-0.15, -0.1) is 12.3 Å². The summed E-state index contributed by atoms with van der Waals surface area (Å²) in [6, 6.07) is 0.512. The molecule has 0 aromatic heterocycles. The lowest BCUT2D eigenvalue weighted by Gasteiger charge is -2.10. The van der Waals surface area contributed by atoms with Crippen LogP contribution in [0.1, 0.15) is 12.8 Å². The molecule has 1 nitrogen and oxygen atoms in total. The van der Waals surface area contributed by atoms with E-state index in [1.54, 1.807) is 0 Å². The number of thioether (sulfide) groups is 1. The highest BCUT2D eigenvalue weighted by Gasteiger charge is 2.01. The van der Waals surface area contributed by atoms with E-state index in [2.05, 4.69) is 17.5 Å². The Hall–Kier alpha value is -0.130. The molecular weight excluding hydrogens is 142 g/mol. The van der Waals surface area contributed by atoms with Crippen molar-refractivity contribution < 1.29 is 0 Å². The average Bonchev–Trinajstić information content (AvgIpc) is 1.98. The van der Waals surface area contributed by atoms with Crippen LogP contribution >= 0.6 is 11.8 Å². The standard InChI is InChI=1S/C8H15NS/c1-4-5-8(9-2)6-7-10-3/h1,8-9H,5-7H2,2-3H3. The minimum absolute atomic E-state index is 0.512. The summed E-state index contributed by atoms with van der Waals surface area (Å²) in [5, 5.41) is 3.18.